The molecule has 35 heavy (non-hydrogen) atoms. The molecule has 4 rings (SSSR count). The molecule has 0 bridgehead atoms. The third-order valence-electron chi connectivity index (χ3n) is 6.14. The summed E-state index contributed by atoms with van der Waals surface area (Å²) in [6.45, 7) is 6.06. The first kappa shape index (κ1) is 24.0. The summed E-state index contributed by atoms with van der Waals surface area (Å²) in [5.74, 6) is -2.30. The number of aliphatic hydroxyl groups is 1. The Morgan fingerprint density at radius 1 is 0.914 bits per heavy atom. The maximum atomic E-state index is 13.3. The fourth-order valence-corrected chi connectivity index (χ4v) is 4.15. The average Bonchev–Trinajstić information content (AvgIpc) is 3.14. The van der Waals surface area contributed by atoms with Crippen molar-refractivity contribution in [3.05, 3.63) is 106 Å². The summed E-state index contributed by atoms with van der Waals surface area (Å²) in [5.41, 5.74) is 3.78. The number of aryl methyl sites for hydroxylation is 2. The van der Waals surface area contributed by atoms with Gasteiger partial charge in [-0.1, -0.05) is 55.5 Å². The maximum absolute atomic E-state index is 13.3. The van der Waals surface area contributed by atoms with Gasteiger partial charge in [-0.05, 0) is 61.2 Å². The van der Waals surface area contributed by atoms with Crippen LogP contribution in [-0.4, -0.2) is 29.4 Å². The largest absolute Gasteiger partial charge is 0.507 e. The van der Waals surface area contributed by atoms with Gasteiger partial charge in [-0.3, -0.25) is 14.5 Å². The molecule has 178 valence electrons. The molecule has 0 saturated carbocycles. The zero-order valence-electron chi connectivity index (χ0n) is 19.9. The van der Waals surface area contributed by atoms with Crippen LogP contribution in [0.15, 0.2) is 78.4 Å². The molecule has 6 heteroatoms. The standard InChI is InChI=1S/C29H27NO5/c1-4-15-35-29(34)22-11-8-12-23(17-22)30-25(20-9-6-5-7-10-20)24(27(32)28(30)33)26(31)21-14-13-18(2)19(3)16-21/h5-14,16-17,25,31H,4,15H2,1-3H3/b26-24+. The number of hydrogen-bond acceptors (Lipinski definition) is 5. The van der Waals surface area contributed by atoms with E-state index >= 15 is 0 Å². The Bertz CT molecular complexity index is 1330. The van der Waals surface area contributed by atoms with Gasteiger partial charge in [-0.15, -0.1) is 0 Å². The number of carbonyl (C=O) groups excluding carboxylic acids is 3. The normalized spacial score (nSPS) is 17.0. The number of anilines is 1. The van der Waals surface area contributed by atoms with Crippen molar-refractivity contribution >= 4 is 29.1 Å². The number of Topliss-reactive ketones (excluding diaryl/α,β-unsaturated/α-hetero) is 1. The number of aliphatic hydroxyl groups excluding tert-OH is 1. The number of ether oxygens (including phenoxy) is 1. The van der Waals surface area contributed by atoms with Crippen LogP contribution in [0.3, 0.4) is 0 Å². The lowest BCUT2D eigenvalue weighted by Crippen LogP contribution is -2.29. The minimum absolute atomic E-state index is 0.00316. The van der Waals surface area contributed by atoms with Crippen molar-refractivity contribution in [2.75, 3.05) is 11.5 Å². The second-order valence-corrected chi connectivity index (χ2v) is 8.57. The predicted molar refractivity (Wildman–Crippen MR) is 134 cm³/mol. The first-order valence-corrected chi connectivity index (χ1v) is 11.5. The van der Waals surface area contributed by atoms with Gasteiger partial charge in [0.05, 0.1) is 23.8 Å². The van der Waals surface area contributed by atoms with E-state index in [0.717, 1.165) is 11.1 Å². The van der Waals surface area contributed by atoms with Crippen molar-refractivity contribution in [2.24, 2.45) is 0 Å². The summed E-state index contributed by atoms with van der Waals surface area (Å²) >= 11 is 0. The van der Waals surface area contributed by atoms with Crippen LogP contribution in [0.2, 0.25) is 0 Å². The lowest BCUT2D eigenvalue weighted by atomic mass is 9.94. The highest BCUT2D eigenvalue weighted by atomic mass is 16.5. The van der Waals surface area contributed by atoms with Gasteiger partial charge >= 0.3 is 5.97 Å². The molecule has 0 radical (unpaired) electrons. The number of benzene rings is 3. The lowest BCUT2D eigenvalue weighted by Gasteiger charge is -2.25. The lowest BCUT2D eigenvalue weighted by molar-refractivity contribution is -0.132. The van der Waals surface area contributed by atoms with Crippen molar-refractivity contribution in [3.8, 4) is 0 Å². The fourth-order valence-electron chi connectivity index (χ4n) is 4.15. The summed E-state index contributed by atoms with van der Waals surface area (Å²) in [4.78, 5) is 40.4. The molecule has 1 heterocycles. The predicted octanol–water partition coefficient (Wildman–Crippen LogP) is 5.50. The van der Waals surface area contributed by atoms with E-state index in [0.29, 0.717) is 23.2 Å². The number of nitrogens with zero attached hydrogens (tertiary/aromatic N) is 1. The molecular weight excluding hydrogens is 442 g/mol. The molecule has 1 saturated heterocycles. The van der Waals surface area contributed by atoms with Crippen LogP contribution in [0.25, 0.3) is 5.76 Å². The summed E-state index contributed by atoms with van der Waals surface area (Å²) in [5, 5.41) is 11.3. The fraction of sp³-hybridized carbons (Fsp3) is 0.207. The second-order valence-electron chi connectivity index (χ2n) is 8.57. The third kappa shape index (κ3) is 4.60. The van der Waals surface area contributed by atoms with E-state index in [1.165, 1.54) is 11.0 Å². The highest BCUT2D eigenvalue weighted by molar-refractivity contribution is 6.51. The van der Waals surface area contributed by atoms with Crippen LogP contribution >= 0.6 is 0 Å². The van der Waals surface area contributed by atoms with Gasteiger partial charge in [-0.25, -0.2) is 4.79 Å². The van der Waals surface area contributed by atoms with Crippen molar-refractivity contribution in [3.63, 3.8) is 0 Å². The zero-order chi connectivity index (χ0) is 25.1. The summed E-state index contributed by atoms with van der Waals surface area (Å²) in [6, 6.07) is 20.0. The van der Waals surface area contributed by atoms with E-state index < -0.39 is 23.7 Å². The second kappa shape index (κ2) is 9.97. The minimum atomic E-state index is -0.861. The Morgan fingerprint density at radius 2 is 1.66 bits per heavy atom. The molecule has 3 aromatic rings. The Morgan fingerprint density at radius 3 is 2.34 bits per heavy atom. The molecule has 1 N–H and O–H groups in total. The van der Waals surface area contributed by atoms with Gasteiger partial charge in [0.1, 0.15) is 5.76 Å². The van der Waals surface area contributed by atoms with Crippen molar-refractivity contribution < 1.29 is 24.2 Å². The summed E-state index contributed by atoms with van der Waals surface area (Å²) in [7, 11) is 0. The molecule has 1 atom stereocenters. The van der Waals surface area contributed by atoms with Gasteiger partial charge < -0.3 is 9.84 Å². The zero-order valence-corrected chi connectivity index (χ0v) is 19.9. The molecule has 1 aliphatic heterocycles. The van der Waals surface area contributed by atoms with E-state index in [1.807, 2.05) is 45.0 Å². The molecule has 6 nitrogen and oxygen atoms in total. The van der Waals surface area contributed by atoms with E-state index in [2.05, 4.69) is 0 Å². The number of carbonyl (C=O) groups is 3. The number of ketones is 1. The highest BCUT2D eigenvalue weighted by Crippen LogP contribution is 2.42. The number of esters is 1. The smallest absolute Gasteiger partial charge is 0.338 e. The molecule has 1 unspecified atom stereocenters. The van der Waals surface area contributed by atoms with Crippen LogP contribution in [0, 0.1) is 13.8 Å². The van der Waals surface area contributed by atoms with Gasteiger partial charge in [0.2, 0.25) is 0 Å². The van der Waals surface area contributed by atoms with Crippen molar-refractivity contribution in [1.82, 2.24) is 0 Å². The first-order chi connectivity index (χ1) is 16.8. The first-order valence-electron chi connectivity index (χ1n) is 11.5. The molecule has 0 aliphatic carbocycles. The van der Waals surface area contributed by atoms with Gasteiger partial charge in [0.15, 0.2) is 0 Å². The number of amides is 1. The van der Waals surface area contributed by atoms with E-state index in [1.54, 1.807) is 42.5 Å². The molecule has 0 spiro atoms. The number of hydrogen-bond donors (Lipinski definition) is 1. The van der Waals surface area contributed by atoms with Crippen LogP contribution in [0.5, 0.6) is 0 Å². The molecule has 0 aromatic heterocycles. The Balaban J connectivity index is 1.87. The molecule has 1 amide bonds. The quantitative estimate of drug-likeness (QED) is 0.223. The monoisotopic (exact) mass is 469 g/mol. The number of rotatable bonds is 6. The van der Waals surface area contributed by atoms with Crippen molar-refractivity contribution in [1.29, 1.82) is 0 Å². The maximum Gasteiger partial charge on any atom is 0.338 e. The molecule has 1 fully saturated rings. The highest BCUT2D eigenvalue weighted by Gasteiger charge is 2.47. The van der Waals surface area contributed by atoms with Crippen LogP contribution in [0.1, 0.15) is 52.0 Å². The Labute approximate surface area is 204 Å². The van der Waals surface area contributed by atoms with Crippen LogP contribution in [0.4, 0.5) is 5.69 Å². The van der Waals surface area contributed by atoms with Gasteiger partial charge in [0, 0.05) is 11.3 Å². The van der Waals surface area contributed by atoms with Crippen LogP contribution in [-0.2, 0) is 14.3 Å². The van der Waals surface area contributed by atoms with Crippen molar-refractivity contribution in [2.45, 2.75) is 33.2 Å². The van der Waals surface area contributed by atoms with Crippen LogP contribution < -0.4 is 4.90 Å². The van der Waals surface area contributed by atoms with E-state index in [9.17, 15) is 19.5 Å². The molecule has 3 aromatic carbocycles. The minimum Gasteiger partial charge on any atom is -0.507 e. The van der Waals surface area contributed by atoms with E-state index in [4.69, 9.17) is 4.74 Å². The van der Waals surface area contributed by atoms with E-state index in [-0.39, 0.29) is 23.5 Å². The third-order valence-corrected chi connectivity index (χ3v) is 6.14. The average molecular weight is 470 g/mol. The molecular formula is C29H27NO5. The molecule has 1 aliphatic rings. The topological polar surface area (TPSA) is 83.9 Å². The van der Waals surface area contributed by atoms with Gasteiger partial charge in [0.25, 0.3) is 11.7 Å². The Hall–Kier alpha value is -4.19. The summed E-state index contributed by atoms with van der Waals surface area (Å²) < 4.78 is 5.23. The SMILES string of the molecule is CCCOC(=O)c1cccc(N2C(=O)C(=O)/C(=C(/O)c3ccc(C)c(C)c3)C2c2ccccc2)c1. The van der Waals surface area contributed by atoms with Gasteiger partial charge in [-0.2, -0.15) is 0 Å². The Kier molecular flexibility index (Phi) is 6.82. The summed E-state index contributed by atoms with van der Waals surface area (Å²) in [6.07, 6.45) is 0.687.